The molecule has 1 heterocycles. The van der Waals surface area contributed by atoms with Gasteiger partial charge in [-0.2, -0.15) is 0 Å². The molecule has 1 N–H and O–H groups in total. The molecule has 0 atom stereocenters. The molecule has 0 amide bonds. The first-order valence-electron chi connectivity index (χ1n) is 5.49. The van der Waals surface area contributed by atoms with Gasteiger partial charge in [0.1, 0.15) is 5.82 Å². The van der Waals surface area contributed by atoms with Crippen molar-refractivity contribution >= 4 is 28.3 Å². The summed E-state index contributed by atoms with van der Waals surface area (Å²) in [5.41, 5.74) is 0.890. The SMILES string of the molecule is Clc1nc(NCC2CC2)c2ccccc2n1. The van der Waals surface area contributed by atoms with Gasteiger partial charge in [-0.05, 0) is 42.5 Å². The van der Waals surface area contributed by atoms with Crippen molar-refractivity contribution in [2.45, 2.75) is 12.8 Å². The van der Waals surface area contributed by atoms with Crippen LogP contribution < -0.4 is 5.32 Å². The van der Waals surface area contributed by atoms with Crippen molar-refractivity contribution in [1.29, 1.82) is 0 Å². The number of anilines is 1. The highest BCUT2D eigenvalue weighted by Crippen LogP contribution is 2.30. The Morgan fingerprint density at radius 3 is 2.88 bits per heavy atom. The molecule has 3 nitrogen and oxygen atoms in total. The Labute approximate surface area is 98.9 Å². The van der Waals surface area contributed by atoms with E-state index in [0.717, 1.165) is 29.2 Å². The molecule has 82 valence electrons. The van der Waals surface area contributed by atoms with Gasteiger partial charge in [-0.25, -0.2) is 9.97 Å². The Bertz CT molecular complexity index is 523. The summed E-state index contributed by atoms with van der Waals surface area (Å²) < 4.78 is 0. The second-order valence-corrected chi connectivity index (χ2v) is 4.52. The summed E-state index contributed by atoms with van der Waals surface area (Å²) in [6, 6.07) is 7.91. The first-order chi connectivity index (χ1) is 7.83. The van der Waals surface area contributed by atoms with Crippen molar-refractivity contribution in [3.05, 3.63) is 29.5 Å². The second kappa shape index (κ2) is 3.91. The molecule has 0 unspecified atom stereocenters. The number of aromatic nitrogens is 2. The van der Waals surface area contributed by atoms with Crippen molar-refractivity contribution in [2.24, 2.45) is 5.92 Å². The molecule has 2 aromatic rings. The summed E-state index contributed by atoms with van der Waals surface area (Å²) in [7, 11) is 0. The predicted molar refractivity (Wildman–Crippen MR) is 65.8 cm³/mol. The predicted octanol–water partition coefficient (Wildman–Crippen LogP) is 3.11. The van der Waals surface area contributed by atoms with Crippen LogP contribution in [0.4, 0.5) is 5.82 Å². The number of halogens is 1. The van der Waals surface area contributed by atoms with Gasteiger partial charge in [0.05, 0.1) is 5.52 Å². The van der Waals surface area contributed by atoms with E-state index < -0.39 is 0 Å². The van der Waals surface area contributed by atoms with Crippen molar-refractivity contribution in [3.63, 3.8) is 0 Å². The summed E-state index contributed by atoms with van der Waals surface area (Å²) in [6.07, 6.45) is 2.65. The molecule has 4 heteroatoms. The topological polar surface area (TPSA) is 37.8 Å². The average molecular weight is 234 g/mol. The molecule has 1 aromatic heterocycles. The molecular formula is C12H12ClN3. The van der Waals surface area contributed by atoms with E-state index in [-0.39, 0.29) is 0 Å². The third-order valence-electron chi connectivity index (χ3n) is 2.83. The highest BCUT2D eigenvalue weighted by Gasteiger charge is 2.21. The van der Waals surface area contributed by atoms with Crippen molar-refractivity contribution in [3.8, 4) is 0 Å². The van der Waals surface area contributed by atoms with Crippen LogP contribution in [0.15, 0.2) is 24.3 Å². The molecule has 0 aliphatic heterocycles. The second-order valence-electron chi connectivity index (χ2n) is 4.18. The smallest absolute Gasteiger partial charge is 0.224 e. The summed E-state index contributed by atoms with van der Waals surface area (Å²) >= 11 is 5.89. The van der Waals surface area contributed by atoms with Gasteiger partial charge in [-0.3, -0.25) is 0 Å². The standard InChI is InChI=1S/C12H12ClN3/c13-12-15-10-4-2-1-3-9(10)11(16-12)14-7-8-5-6-8/h1-4,8H,5-7H2,(H,14,15,16). The molecule has 1 fully saturated rings. The molecule has 1 saturated carbocycles. The third kappa shape index (κ3) is 1.95. The van der Waals surface area contributed by atoms with E-state index in [0.29, 0.717) is 5.28 Å². The fourth-order valence-electron chi connectivity index (χ4n) is 1.75. The summed E-state index contributed by atoms with van der Waals surface area (Å²) in [5, 5.41) is 4.69. The van der Waals surface area contributed by atoms with Crippen LogP contribution in [0.3, 0.4) is 0 Å². The lowest BCUT2D eigenvalue weighted by molar-refractivity contribution is 0.884. The van der Waals surface area contributed by atoms with Crippen molar-refractivity contribution < 1.29 is 0 Å². The zero-order valence-electron chi connectivity index (χ0n) is 8.78. The number of nitrogens with zero attached hydrogens (tertiary/aromatic N) is 2. The Kier molecular flexibility index (Phi) is 2.40. The highest BCUT2D eigenvalue weighted by molar-refractivity contribution is 6.28. The Hall–Kier alpha value is -1.35. The molecule has 0 saturated heterocycles. The minimum Gasteiger partial charge on any atom is -0.369 e. The van der Waals surface area contributed by atoms with Gasteiger partial charge >= 0.3 is 0 Å². The van der Waals surface area contributed by atoms with E-state index in [4.69, 9.17) is 11.6 Å². The number of benzene rings is 1. The van der Waals surface area contributed by atoms with Gasteiger partial charge in [0, 0.05) is 11.9 Å². The van der Waals surface area contributed by atoms with Crippen molar-refractivity contribution in [2.75, 3.05) is 11.9 Å². The maximum atomic E-state index is 5.89. The van der Waals surface area contributed by atoms with Crippen molar-refractivity contribution in [1.82, 2.24) is 9.97 Å². The lowest BCUT2D eigenvalue weighted by Crippen LogP contribution is -2.06. The van der Waals surface area contributed by atoms with Gasteiger partial charge in [-0.1, -0.05) is 12.1 Å². The summed E-state index contributed by atoms with van der Waals surface area (Å²) in [6.45, 7) is 0.983. The number of nitrogens with one attached hydrogen (secondary N) is 1. The van der Waals surface area contributed by atoms with Crippen LogP contribution in [0.25, 0.3) is 10.9 Å². The first-order valence-corrected chi connectivity index (χ1v) is 5.87. The zero-order chi connectivity index (χ0) is 11.0. The molecule has 0 spiro atoms. The maximum absolute atomic E-state index is 5.89. The molecule has 0 radical (unpaired) electrons. The Morgan fingerprint density at radius 2 is 2.06 bits per heavy atom. The summed E-state index contributed by atoms with van der Waals surface area (Å²) in [5.74, 6) is 1.66. The Morgan fingerprint density at radius 1 is 1.25 bits per heavy atom. The molecule has 1 aliphatic rings. The monoisotopic (exact) mass is 233 g/mol. The third-order valence-corrected chi connectivity index (χ3v) is 3.00. The van der Waals surface area contributed by atoms with E-state index in [1.165, 1.54) is 12.8 Å². The number of para-hydroxylation sites is 1. The van der Waals surface area contributed by atoms with E-state index in [1.54, 1.807) is 0 Å². The van der Waals surface area contributed by atoms with Crippen LogP contribution in [0.2, 0.25) is 5.28 Å². The van der Waals surface area contributed by atoms with E-state index in [1.807, 2.05) is 24.3 Å². The zero-order valence-corrected chi connectivity index (χ0v) is 9.54. The van der Waals surface area contributed by atoms with Crippen LogP contribution in [0.5, 0.6) is 0 Å². The van der Waals surface area contributed by atoms with Gasteiger partial charge in [0.2, 0.25) is 5.28 Å². The van der Waals surface area contributed by atoms with Gasteiger partial charge in [0.25, 0.3) is 0 Å². The molecular weight excluding hydrogens is 222 g/mol. The average Bonchev–Trinajstić information content (AvgIpc) is 3.09. The van der Waals surface area contributed by atoms with Gasteiger partial charge in [-0.15, -0.1) is 0 Å². The first kappa shape index (κ1) is 9.85. The maximum Gasteiger partial charge on any atom is 0.224 e. The van der Waals surface area contributed by atoms with Crippen LogP contribution in [-0.4, -0.2) is 16.5 Å². The highest BCUT2D eigenvalue weighted by atomic mass is 35.5. The van der Waals surface area contributed by atoms with Crippen LogP contribution >= 0.6 is 11.6 Å². The number of rotatable bonds is 3. The van der Waals surface area contributed by atoms with Crippen LogP contribution in [-0.2, 0) is 0 Å². The number of hydrogen-bond donors (Lipinski definition) is 1. The fourth-order valence-corrected chi connectivity index (χ4v) is 1.92. The van der Waals surface area contributed by atoms with E-state index >= 15 is 0 Å². The molecule has 16 heavy (non-hydrogen) atoms. The minimum atomic E-state index is 0.303. The van der Waals surface area contributed by atoms with Crippen LogP contribution in [0.1, 0.15) is 12.8 Å². The van der Waals surface area contributed by atoms with E-state index in [9.17, 15) is 0 Å². The van der Waals surface area contributed by atoms with Crippen LogP contribution in [0, 0.1) is 5.92 Å². The molecule has 0 bridgehead atoms. The lowest BCUT2D eigenvalue weighted by atomic mass is 10.2. The fraction of sp³-hybridized carbons (Fsp3) is 0.333. The van der Waals surface area contributed by atoms with Gasteiger partial charge < -0.3 is 5.32 Å². The van der Waals surface area contributed by atoms with Gasteiger partial charge in [0.15, 0.2) is 0 Å². The molecule has 1 aromatic carbocycles. The number of fused-ring (bicyclic) bond motifs is 1. The summed E-state index contributed by atoms with van der Waals surface area (Å²) in [4.78, 5) is 8.44. The quantitative estimate of drug-likeness (QED) is 0.828. The normalized spacial score (nSPS) is 15.3. The molecule has 3 rings (SSSR count). The largest absolute Gasteiger partial charge is 0.369 e. The Balaban J connectivity index is 1.99. The molecule has 1 aliphatic carbocycles. The number of hydrogen-bond acceptors (Lipinski definition) is 3. The van der Waals surface area contributed by atoms with E-state index in [2.05, 4.69) is 15.3 Å². The lowest BCUT2D eigenvalue weighted by Gasteiger charge is -2.07. The minimum absolute atomic E-state index is 0.303.